The maximum atomic E-state index is 12.3. The zero-order valence-electron chi connectivity index (χ0n) is 17.2. The van der Waals surface area contributed by atoms with Gasteiger partial charge in [-0.15, -0.1) is 11.3 Å². The van der Waals surface area contributed by atoms with Crippen LogP contribution in [0.15, 0.2) is 78.3 Å². The van der Waals surface area contributed by atoms with E-state index >= 15 is 0 Å². The molecule has 0 saturated heterocycles. The number of carbonyl (C=O) groups excluding carboxylic acids is 1. The highest BCUT2D eigenvalue weighted by Crippen LogP contribution is 2.29. The smallest absolute Gasteiger partial charge is 0.227 e. The Labute approximate surface area is 185 Å². The SMILES string of the molecule is CCc1ccc(OCCC(=O)Nc2cccc(-c3csc(-c4ccccn4)n3)c2)cc1. The molecular formula is C25H23N3O2S. The van der Waals surface area contributed by atoms with Crippen LogP contribution < -0.4 is 10.1 Å². The molecule has 0 unspecified atom stereocenters. The Kier molecular flexibility index (Phi) is 6.69. The summed E-state index contributed by atoms with van der Waals surface area (Å²) in [7, 11) is 0. The monoisotopic (exact) mass is 429 g/mol. The van der Waals surface area contributed by atoms with Crippen molar-refractivity contribution in [3.63, 3.8) is 0 Å². The average Bonchev–Trinajstić information content (AvgIpc) is 3.31. The number of aryl methyl sites for hydroxylation is 1. The first-order valence-electron chi connectivity index (χ1n) is 10.2. The lowest BCUT2D eigenvalue weighted by atomic mass is 10.1. The van der Waals surface area contributed by atoms with Crippen molar-refractivity contribution in [2.45, 2.75) is 19.8 Å². The molecule has 0 fully saturated rings. The third-order valence-electron chi connectivity index (χ3n) is 4.76. The molecule has 0 spiro atoms. The molecule has 2 aromatic carbocycles. The van der Waals surface area contributed by atoms with E-state index in [9.17, 15) is 4.79 Å². The van der Waals surface area contributed by atoms with Crippen LogP contribution in [0.25, 0.3) is 22.0 Å². The van der Waals surface area contributed by atoms with E-state index < -0.39 is 0 Å². The second kappa shape index (κ2) is 10.00. The van der Waals surface area contributed by atoms with E-state index in [1.165, 1.54) is 5.56 Å². The van der Waals surface area contributed by atoms with Crippen molar-refractivity contribution in [3.8, 4) is 27.7 Å². The largest absolute Gasteiger partial charge is 0.493 e. The summed E-state index contributed by atoms with van der Waals surface area (Å²) in [5, 5.41) is 5.81. The van der Waals surface area contributed by atoms with Crippen molar-refractivity contribution in [1.29, 1.82) is 0 Å². The highest BCUT2D eigenvalue weighted by Gasteiger charge is 2.09. The third-order valence-corrected chi connectivity index (χ3v) is 5.62. The first-order valence-corrected chi connectivity index (χ1v) is 11.1. The first kappa shape index (κ1) is 20.8. The van der Waals surface area contributed by atoms with Gasteiger partial charge in [-0.1, -0.05) is 37.3 Å². The Bertz CT molecular complexity index is 1140. The summed E-state index contributed by atoms with van der Waals surface area (Å²) in [6.45, 7) is 2.44. The molecule has 0 atom stereocenters. The van der Waals surface area contributed by atoms with Crippen molar-refractivity contribution in [1.82, 2.24) is 9.97 Å². The van der Waals surface area contributed by atoms with Crippen LogP contribution in [0.3, 0.4) is 0 Å². The van der Waals surface area contributed by atoms with Gasteiger partial charge in [0.1, 0.15) is 10.8 Å². The van der Waals surface area contributed by atoms with Gasteiger partial charge in [-0.25, -0.2) is 4.98 Å². The van der Waals surface area contributed by atoms with Crippen LogP contribution in [0.1, 0.15) is 18.9 Å². The Morgan fingerprint density at radius 3 is 2.68 bits per heavy atom. The van der Waals surface area contributed by atoms with Crippen LogP contribution in [0.4, 0.5) is 5.69 Å². The van der Waals surface area contributed by atoms with Crippen LogP contribution in [0, 0.1) is 0 Å². The minimum Gasteiger partial charge on any atom is -0.493 e. The van der Waals surface area contributed by atoms with Gasteiger partial charge < -0.3 is 10.1 Å². The summed E-state index contributed by atoms with van der Waals surface area (Å²) in [4.78, 5) is 21.4. The molecule has 4 rings (SSSR count). The standard InChI is InChI=1S/C25H23N3O2S/c1-2-18-9-11-21(12-10-18)30-15-13-24(29)27-20-7-5-6-19(16-20)23-17-31-25(28-23)22-8-3-4-14-26-22/h3-12,14,16-17H,2,13,15H2,1H3,(H,27,29). The number of amides is 1. The van der Waals surface area contributed by atoms with Gasteiger partial charge in [-0.2, -0.15) is 0 Å². The number of hydrogen-bond acceptors (Lipinski definition) is 5. The Morgan fingerprint density at radius 1 is 1.03 bits per heavy atom. The zero-order valence-corrected chi connectivity index (χ0v) is 18.1. The fourth-order valence-corrected chi connectivity index (χ4v) is 3.88. The number of aromatic nitrogens is 2. The van der Waals surface area contributed by atoms with Crippen LogP contribution in [0.2, 0.25) is 0 Å². The van der Waals surface area contributed by atoms with E-state index in [0.29, 0.717) is 6.61 Å². The molecule has 0 bridgehead atoms. The second-order valence-electron chi connectivity index (χ2n) is 6.98. The molecule has 4 aromatic rings. The molecule has 5 nitrogen and oxygen atoms in total. The lowest BCUT2D eigenvalue weighted by Crippen LogP contribution is -2.15. The number of hydrogen-bond donors (Lipinski definition) is 1. The van der Waals surface area contributed by atoms with Crippen molar-refractivity contribution >= 4 is 22.9 Å². The Morgan fingerprint density at radius 2 is 1.90 bits per heavy atom. The van der Waals surface area contributed by atoms with Gasteiger partial charge in [-0.3, -0.25) is 9.78 Å². The number of nitrogens with one attached hydrogen (secondary N) is 1. The highest BCUT2D eigenvalue weighted by molar-refractivity contribution is 7.13. The molecule has 0 aliphatic heterocycles. The number of pyridine rings is 1. The normalized spacial score (nSPS) is 10.6. The minimum absolute atomic E-state index is 0.0882. The minimum atomic E-state index is -0.0882. The summed E-state index contributed by atoms with van der Waals surface area (Å²) >= 11 is 1.55. The van der Waals surface area contributed by atoms with Gasteiger partial charge in [0.2, 0.25) is 5.91 Å². The number of anilines is 1. The molecule has 6 heteroatoms. The van der Waals surface area contributed by atoms with E-state index in [1.54, 1.807) is 17.5 Å². The van der Waals surface area contributed by atoms with Crippen molar-refractivity contribution in [2.75, 3.05) is 11.9 Å². The van der Waals surface area contributed by atoms with Gasteiger partial charge in [0.05, 0.1) is 24.4 Å². The van der Waals surface area contributed by atoms with Gasteiger partial charge in [0.25, 0.3) is 0 Å². The van der Waals surface area contributed by atoms with Crippen LogP contribution in [-0.2, 0) is 11.2 Å². The van der Waals surface area contributed by atoms with Crippen molar-refractivity contribution in [2.24, 2.45) is 0 Å². The molecular weight excluding hydrogens is 406 g/mol. The summed E-state index contributed by atoms with van der Waals surface area (Å²) in [6, 6.07) is 21.4. The quantitative estimate of drug-likeness (QED) is 0.382. The third kappa shape index (κ3) is 5.55. The summed E-state index contributed by atoms with van der Waals surface area (Å²) in [6.07, 6.45) is 3.03. The summed E-state index contributed by atoms with van der Waals surface area (Å²) < 4.78 is 5.68. The number of carbonyl (C=O) groups is 1. The van der Waals surface area contributed by atoms with Gasteiger partial charge in [0, 0.05) is 22.8 Å². The second-order valence-corrected chi connectivity index (χ2v) is 7.84. The number of ether oxygens (including phenoxy) is 1. The molecule has 1 amide bonds. The fraction of sp³-hybridized carbons (Fsp3) is 0.160. The molecule has 31 heavy (non-hydrogen) atoms. The van der Waals surface area contributed by atoms with Gasteiger partial charge >= 0.3 is 0 Å². The number of thiazole rings is 1. The van der Waals surface area contributed by atoms with Crippen LogP contribution in [-0.4, -0.2) is 22.5 Å². The van der Waals surface area contributed by atoms with E-state index in [4.69, 9.17) is 4.74 Å². The lowest BCUT2D eigenvalue weighted by Gasteiger charge is -2.08. The number of nitrogens with zero attached hydrogens (tertiary/aromatic N) is 2. The predicted molar refractivity (Wildman–Crippen MR) is 125 cm³/mol. The molecule has 156 valence electrons. The summed E-state index contributed by atoms with van der Waals surface area (Å²) in [5.74, 6) is 0.689. The first-order chi connectivity index (χ1) is 15.2. The lowest BCUT2D eigenvalue weighted by molar-refractivity contribution is -0.116. The maximum Gasteiger partial charge on any atom is 0.227 e. The topological polar surface area (TPSA) is 64.1 Å². The predicted octanol–water partition coefficient (Wildman–Crippen LogP) is 5.84. The molecule has 0 aliphatic rings. The summed E-state index contributed by atoms with van der Waals surface area (Å²) in [5.41, 5.74) is 4.66. The zero-order chi connectivity index (χ0) is 21.5. The van der Waals surface area contributed by atoms with E-state index in [1.807, 2.05) is 72.1 Å². The Hall–Kier alpha value is -3.51. The average molecular weight is 430 g/mol. The van der Waals surface area contributed by atoms with Crippen LogP contribution >= 0.6 is 11.3 Å². The number of benzene rings is 2. The van der Waals surface area contributed by atoms with Crippen molar-refractivity contribution < 1.29 is 9.53 Å². The fourth-order valence-electron chi connectivity index (χ4n) is 3.08. The highest BCUT2D eigenvalue weighted by atomic mass is 32.1. The van der Waals surface area contributed by atoms with Gasteiger partial charge in [0.15, 0.2) is 0 Å². The van der Waals surface area contributed by atoms with E-state index in [2.05, 4.69) is 22.2 Å². The molecule has 0 aliphatic carbocycles. The van der Waals surface area contributed by atoms with Crippen molar-refractivity contribution in [3.05, 3.63) is 83.9 Å². The van der Waals surface area contributed by atoms with Gasteiger partial charge in [-0.05, 0) is 48.4 Å². The molecule has 1 N–H and O–H groups in total. The maximum absolute atomic E-state index is 12.3. The van der Waals surface area contributed by atoms with E-state index in [-0.39, 0.29) is 12.3 Å². The van der Waals surface area contributed by atoms with Crippen LogP contribution in [0.5, 0.6) is 5.75 Å². The Balaban J connectivity index is 1.34. The molecule has 2 aromatic heterocycles. The number of rotatable bonds is 8. The molecule has 0 saturated carbocycles. The van der Waals surface area contributed by atoms with E-state index in [0.717, 1.165) is 39.8 Å². The molecule has 2 heterocycles. The molecule has 0 radical (unpaired) electrons.